The number of hydrogen-bond donors (Lipinski definition) is 3. The quantitative estimate of drug-likeness (QED) is 0.313. The van der Waals surface area contributed by atoms with Crippen LogP contribution in [0.2, 0.25) is 0 Å². The number of amides is 1. The van der Waals surface area contributed by atoms with Crippen molar-refractivity contribution in [3.8, 4) is 0 Å². The second-order valence-electron chi connectivity index (χ2n) is 6.29. The Bertz CT molecular complexity index is 580. The van der Waals surface area contributed by atoms with Gasteiger partial charge in [0.05, 0.1) is 31.8 Å². The number of aliphatic hydroxyl groups is 2. The molecule has 0 radical (unpaired) electrons. The summed E-state index contributed by atoms with van der Waals surface area (Å²) in [6, 6.07) is -1.27. The summed E-state index contributed by atoms with van der Waals surface area (Å²) in [6.45, 7) is 4.49. The van der Waals surface area contributed by atoms with Crippen molar-refractivity contribution in [2.75, 3.05) is 19.8 Å². The highest BCUT2D eigenvalue weighted by Gasteiger charge is 2.47. The van der Waals surface area contributed by atoms with Gasteiger partial charge in [-0.25, -0.2) is 4.79 Å². The fourth-order valence-electron chi connectivity index (χ4n) is 2.77. The molecule has 2 unspecified atom stereocenters. The molecule has 1 aliphatic heterocycles. The molecule has 11 heteroatoms. The van der Waals surface area contributed by atoms with Gasteiger partial charge in [-0.15, -0.1) is 0 Å². The Kier molecular flexibility index (Phi) is 9.29. The third kappa shape index (κ3) is 6.43. The van der Waals surface area contributed by atoms with E-state index in [0.717, 1.165) is 13.8 Å². The summed E-state index contributed by atoms with van der Waals surface area (Å²) < 4.78 is 20.3. The third-order valence-corrected chi connectivity index (χ3v) is 4.09. The molecule has 11 nitrogen and oxygen atoms in total. The van der Waals surface area contributed by atoms with E-state index in [0.29, 0.717) is 0 Å². The van der Waals surface area contributed by atoms with Gasteiger partial charge in [0.15, 0.2) is 18.2 Å². The molecule has 0 aromatic carbocycles. The first-order valence-corrected chi connectivity index (χ1v) is 8.84. The minimum absolute atomic E-state index is 0.0762. The van der Waals surface area contributed by atoms with Gasteiger partial charge in [-0.3, -0.25) is 14.4 Å². The van der Waals surface area contributed by atoms with Crippen LogP contribution in [0.15, 0.2) is 0 Å². The zero-order valence-corrected chi connectivity index (χ0v) is 16.2. The summed E-state index contributed by atoms with van der Waals surface area (Å²) in [4.78, 5) is 46.7. The Morgan fingerprint density at radius 3 is 2.29 bits per heavy atom. The first-order chi connectivity index (χ1) is 13.1. The zero-order valence-electron chi connectivity index (χ0n) is 16.2. The van der Waals surface area contributed by atoms with E-state index in [-0.39, 0.29) is 13.2 Å². The number of nitrogens with one attached hydrogen (secondary N) is 1. The van der Waals surface area contributed by atoms with Crippen LogP contribution in [0.25, 0.3) is 0 Å². The lowest BCUT2D eigenvalue weighted by molar-refractivity contribution is -0.223. The summed E-state index contributed by atoms with van der Waals surface area (Å²) in [5.74, 6) is -3.84. The molecule has 6 atom stereocenters. The van der Waals surface area contributed by atoms with Crippen LogP contribution in [0, 0.1) is 5.92 Å². The van der Waals surface area contributed by atoms with E-state index in [2.05, 4.69) is 5.32 Å². The third-order valence-electron chi connectivity index (χ3n) is 4.09. The lowest BCUT2D eigenvalue weighted by Gasteiger charge is -2.40. The maximum Gasteiger partial charge on any atom is 0.331 e. The van der Waals surface area contributed by atoms with Crippen molar-refractivity contribution in [2.45, 2.75) is 58.2 Å². The summed E-state index contributed by atoms with van der Waals surface area (Å²) in [7, 11) is 0. The molecule has 0 spiro atoms. The Morgan fingerprint density at radius 2 is 1.79 bits per heavy atom. The molecule has 1 heterocycles. The number of esters is 3. The van der Waals surface area contributed by atoms with Crippen molar-refractivity contribution in [1.82, 2.24) is 5.32 Å². The molecule has 28 heavy (non-hydrogen) atoms. The van der Waals surface area contributed by atoms with Gasteiger partial charge in [0.1, 0.15) is 6.10 Å². The Balaban J connectivity index is 2.87. The first-order valence-electron chi connectivity index (χ1n) is 8.84. The highest BCUT2D eigenvalue weighted by atomic mass is 16.6. The molecule has 3 N–H and O–H groups in total. The van der Waals surface area contributed by atoms with E-state index in [1.807, 2.05) is 0 Å². The van der Waals surface area contributed by atoms with Gasteiger partial charge >= 0.3 is 17.9 Å². The smallest absolute Gasteiger partial charge is 0.331 e. The van der Waals surface area contributed by atoms with Crippen molar-refractivity contribution in [2.24, 2.45) is 5.92 Å². The molecule has 0 aromatic rings. The fourth-order valence-corrected chi connectivity index (χ4v) is 2.77. The molecule has 0 saturated carbocycles. The van der Waals surface area contributed by atoms with Crippen molar-refractivity contribution in [1.29, 1.82) is 0 Å². The normalized spacial score (nSPS) is 26.5. The molecule has 1 rings (SSSR count). The second kappa shape index (κ2) is 10.9. The largest absolute Gasteiger partial charge is 0.464 e. The summed E-state index contributed by atoms with van der Waals surface area (Å²) >= 11 is 0. The van der Waals surface area contributed by atoms with Crippen LogP contribution in [0.4, 0.5) is 0 Å². The van der Waals surface area contributed by atoms with Crippen LogP contribution in [-0.4, -0.2) is 84.3 Å². The Morgan fingerprint density at radius 1 is 1.18 bits per heavy atom. The lowest BCUT2D eigenvalue weighted by atomic mass is 9.90. The number of carbonyl (C=O) groups excluding carboxylic acids is 4. The average molecular weight is 405 g/mol. The van der Waals surface area contributed by atoms with E-state index in [1.54, 1.807) is 6.92 Å². The fraction of sp³-hybridized carbons (Fsp3) is 0.765. The maximum absolute atomic E-state index is 12.4. The number of ether oxygens (including phenoxy) is 4. The summed E-state index contributed by atoms with van der Waals surface area (Å²) in [5.41, 5.74) is 0. The minimum atomic E-state index is -1.47. The number of carbonyl (C=O) groups is 4. The van der Waals surface area contributed by atoms with E-state index in [1.165, 1.54) is 6.92 Å². The van der Waals surface area contributed by atoms with Gasteiger partial charge in [-0.2, -0.15) is 0 Å². The summed E-state index contributed by atoms with van der Waals surface area (Å²) in [5, 5.41) is 22.1. The van der Waals surface area contributed by atoms with Crippen LogP contribution in [0.3, 0.4) is 0 Å². The van der Waals surface area contributed by atoms with Gasteiger partial charge in [0.25, 0.3) is 0 Å². The molecule has 1 saturated heterocycles. The number of rotatable bonds is 8. The van der Waals surface area contributed by atoms with Crippen molar-refractivity contribution in [3.63, 3.8) is 0 Å². The topological polar surface area (TPSA) is 158 Å². The van der Waals surface area contributed by atoms with Gasteiger partial charge in [-0.05, 0) is 6.92 Å². The molecule has 1 fully saturated rings. The molecular formula is C17H27NO10. The average Bonchev–Trinajstić information content (AvgIpc) is 2.61. The number of hydrogen-bond acceptors (Lipinski definition) is 10. The predicted molar refractivity (Wildman–Crippen MR) is 91.7 cm³/mol. The number of aliphatic hydroxyl groups excluding tert-OH is 2. The minimum Gasteiger partial charge on any atom is -0.464 e. The highest BCUT2D eigenvalue weighted by molar-refractivity contribution is 5.86. The van der Waals surface area contributed by atoms with Gasteiger partial charge < -0.3 is 34.5 Å². The molecule has 1 amide bonds. The van der Waals surface area contributed by atoms with Crippen molar-refractivity contribution in [3.05, 3.63) is 0 Å². The highest BCUT2D eigenvalue weighted by Crippen LogP contribution is 2.26. The van der Waals surface area contributed by atoms with Crippen LogP contribution < -0.4 is 5.32 Å². The predicted octanol–water partition coefficient (Wildman–Crippen LogP) is -1.71. The van der Waals surface area contributed by atoms with E-state index in [9.17, 15) is 29.4 Å². The van der Waals surface area contributed by atoms with Crippen LogP contribution in [-0.2, 0) is 38.1 Å². The lowest BCUT2D eigenvalue weighted by Crippen LogP contribution is -2.60. The van der Waals surface area contributed by atoms with E-state index >= 15 is 0 Å². The maximum atomic E-state index is 12.4. The first kappa shape index (κ1) is 23.8. The van der Waals surface area contributed by atoms with E-state index < -0.39 is 66.8 Å². The molecule has 160 valence electrons. The molecule has 0 aliphatic carbocycles. The SMILES string of the molecule is CCOC(=O)[C@@H](CO)NC(=O)C(C)C1OC[C@@H](OC(C)=O)[C@H](OC(C)=O)[C@H]1O. The van der Waals surface area contributed by atoms with Crippen LogP contribution in [0.5, 0.6) is 0 Å². The van der Waals surface area contributed by atoms with Gasteiger partial charge in [-0.1, -0.05) is 6.92 Å². The Hall–Kier alpha value is -2.24. The molecule has 0 bridgehead atoms. The van der Waals surface area contributed by atoms with Crippen LogP contribution >= 0.6 is 0 Å². The zero-order chi connectivity index (χ0) is 21.4. The Labute approximate surface area is 162 Å². The van der Waals surface area contributed by atoms with Gasteiger partial charge in [0.2, 0.25) is 5.91 Å². The molecule has 1 aliphatic rings. The van der Waals surface area contributed by atoms with Gasteiger partial charge in [0, 0.05) is 13.8 Å². The summed E-state index contributed by atoms with van der Waals surface area (Å²) in [6.07, 6.45) is -4.85. The standard InChI is InChI=1S/C17H27NO10/c1-5-25-17(24)11(6-19)18-16(23)8(2)14-13(22)15(28-10(4)21)12(7-26-14)27-9(3)20/h8,11-15,19,22H,5-7H2,1-4H3,(H,18,23)/t8?,11-,12-,13+,14?,15+/m1/s1. The van der Waals surface area contributed by atoms with Crippen LogP contribution in [0.1, 0.15) is 27.7 Å². The second-order valence-corrected chi connectivity index (χ2v) is 6.29. The van der Waals surface area contributed by atoms with Crippen molar-refractivity contribution < 1.29 is 48.3 Å². The monoisotopic (exact) mass is 405 g/mol. The molecule has 0 aromatic heterocycles. The van der Waals surface area contributed by atoms with E-state index in [4.69, 9.17) is 18.9 Å². The van der Waals surface area contributed by atoms with Crippen molar-refractivity contribution >= 4 is 23.8 Å². The molecular weight excluding hydrogens is 378 g/mol.